The molecule has 0 radical (unpaired) electrons. The van der Waals surface area contributed by atoms with E-state index in [1.807, 2.05) is 0 Å². The molecule has 1 heterocycles. The lowest BCUT2D eigenvalue weighted by atomic mass is 10.2. The number of alkyl carbamates (subject to hydrolysis) is 1. The van der Waals surface area contributed by atoms with Crippen molar-refractivity contribution in [2.75, 3.05) is 7.05 Å². The van der Waals surface area contributed by atoms with E-state index in [0.717, 1.165) is 5.56 Å². The molecule has 0 saturated heterocycles. The van der Waals surface area contributed by atoms with Crippen molar-refractivity contribution in [3.63, 3.8) is 0 Å². The first-order valence-corrected chi connectivity index (χ1v) is 7.31. The third kappa shape index (κ3) is 6.30. The third-order valence-electron chi connectivity index (χ3n) is 2.69. The Kier molecular flexibility index (Phi) is 6.17. The van der Waals surface area contributed by atoms with Gasteiger partial charge in [-0.1, -0.05) is 17.7 Å². The number of rotatable bonds is 4. The van der Waals surface area contributed by atoms with E-state index < -0.39 is 17.7 Å². The van der Waals surface area contributed by atoms with Gasteiger partial charge in [-0.25, -0.2) is 9.78 Å². The van der Waals surface area contributed by atoms with E-state index in [-0.39, 0.29) is 5.91 Å². The van der Waals surface area contributed by atoms with Crippen molar-refractivity contribution < 1.29 is 14.3 Å². The predicted octanol–water partition coefficient (Wildman–Crippen LogP) is 2.61. The van der Waals surface area contributed by atoms with Crippen molar-refractivity contribution in [2.45, 2.75) is 45.9 Å². The predicted molar refractivity (Wildman–Crippen MR) is 84.6 cm³/mol. The molecule has 122 valence electrons. The zero-order chi connectivity index (χ0) is 16.9. The number of hydrogen-bond donors (Lipinski definition) is 1. The molecule has 0 spiro atoms. The highest BCUT2D eigenvalue weighted by Crippen LogP contribution is 2.09. The number of nitrogens with one attached hydrogen (secondary N) is 1. The van der Waals surface area contributed by atoms with Gasteiger partial charge in [0.2, 0.25) is 5.91 Å². The van der Waals surface area contributed by atoms with Gasteiger partial charge in [0.1, 0.15) is 16.8 Å². The van der Waals surface area contributed by atoms with Crippen LogP contribution >= 0.6 is 11.6 Å². The van der Waals surface area contributed by atoms with E-state index in [1.54, 1.807) is 53.1 Å². The van der Waals surface area contributed by atoms with Crippen molar-refractivity contribution in [1.29, 1.82) is 0 Å². The van der Waals surface area contributed by atoms with Gasteiger partial charge in [0, 0.05) is 19.8 Å². The highest BCUT2D eigenvalue weighted by Gasteiger charge is 2.23. The van der Waals surface area contributed by atoms with E-state index in [4.69, 9.17) is 16.3 Å². The number of carbonyl (C=O) groups is 2. The molecule has 0 saturated carbocycles. The summed E-state index contributed by atoms with van der Waals surface area (Å²) in [4.78, 5) is 29.4. The average molecular weight is 328 g/mol. The van der Waals surface area contributed by atoms with Gasteiger partial charge in [-0.15, -0.1) is 0 Å². The van der Waals surface area contributed by atoms with Crippen LogP contribution in [0.3, 0.4) is 0 Å². The van der Waals surface area contributed by atoms with Crippen molar-refractivity contribution in [3.8, 4) is 0 Å². The summed E-state index contributed by atoms with van der Waals surface area (Å²) in [7, 11) is 1.66. The van der Waals surface area contributed by atoms with Crippen molar-refractivity contribution in [2.24, 2.45) is 0 Å². The van der Waals surface area contributed by atoms with E-state index in [1.165, 1.54) is 4.90 Å². The Labute approximate surface area is 135 Å². The SMILES string of the molecule is CC(NC(=O)OC(C)(C)C)C(=O)N(C)Cc1ccc(Cl)nc1. The molecule has 0 fully saturated rings. The quantitative estimate of drug-likeness (QED) is 0.863. The minimum atomic E-state index is -0.680. The van der Waals surface area contributed by atoms with Gasteiger partial charge < -0.3 is 15.0 Å². The maximum atomic E-state index is 12.2. The number of aromatic nitrogens is 1. The lowest BCUT2D eigenvalue weighted by molar-refractivity contribution is -0.132. The number of ether oxygens (including phenoxy) is 1. The molecule has 0 aliphatic heterocycles. The molecule has 1 aromatic heterocycles. The second-order valence-corrected chi connectivity index (χ2v) is 6.44. The molecule has 6 nitrogen and oxygen atoms in total. The second-order valence-electron chi connectivity index (χ2n) is 6.05. The van der Waals surface area contributed by atoms with Crippen LogP contribution in [0.15, 0.2) is 18.3 Å². The Hall–Kier alpha value is -1.82. The standard InChI is InChI=1S/C15H22ClN3O3/c1-10(18-14(21)22-15(2,3)4)13(20)19(5)9-11-6-7-12(16)17-8-11/h6-8,10H,9H2,1-5H3,(H,18,21). The fraction of sp³-hybridized carbons (Fsp3) is 0.533. The van der Waals surface area contributed by atoms with Crippen LogP contribution in [-0.2, 0) is 16.1 Å². The molecule has 1 N–H and O–H groups in total. The normalized spacial score (nSPS) is 12.5. The third-order valence-corrected chi connectivity index (χ3v) is 2.91. The van der Waals surface area contributed by atoms with E-state index >= 15 is 0 Å². The van der Waals surface area contributed by atoms with Gasteiger partial charge >= 0.3 is 6.09 Å². The van der Waals surface area contributed by atoms with Gasteiger partial charge in [-0.05, 0) is 39.3 Å². The molecule has 0 aromatic carbocycles. The maximum absolute atomic E-state index is 12.2. The highest BCUT2D eigenvalue weighted by molar-refractivity contribution is 6.29. The number of halogens is 1. The molecule has 1 unspecified atom stereocenters. The number of pyridine rings is 1. The molecular weight excluding hydrogens is 306 g/mol. The van der Waals surface area contributed by atoms with Crippen LogP contribution in [0.2, 0.25) is 5.15 Å². The summed E-state index contributed by atoms with van der Waals surface area (Å²) in [6.07, 6.45) is 0.993. The Morgan fingerprint density at radius 3 is 2.55 bits per heavy atom. The number of hydrogen-bond acceptors (Lipinski definition) is 4. The summed E-state index contributed by atoms with van der Waals surface area (Å²) >= 11 is 5.72. The summed E-state index contributed by atoms with van der Waals surface area (Å²) in [5.74, 6) is -0.221. The van der Waals surface area contributed by atoms with Gasteiger partial charge in [-0.3, -0.25) is 4.79 Å². The fourth-order valence-electron chi connectivity index (χ4n) is 1.73. The molecule has 1 rings (SSSR count). The van der Waals surface area contributed by atoms with E-state index in [2.05, 4.69) is 10.3 Å². The van der Waals surface area contributed by atoms with E-state index in [0.29, 0.717) is 11.7 Å². The number of nitrogens with zero attached hydrogens (tertiary/aromatic N) is 2. The van der Waals surface area contributed by atoms with E-state index in [9.17, 15) is 9.59 Å². The summed E-state index contributed by atoms with van der Waals surface area (Å²) in [6, 6.07) is 2.78. The molecule has 7 heteroatoms. The monoisotopic (exact) mass is 327 g/mol. The number of amides is 2. The van der Waals surface area contributed by atoms with Crippen LogP contribution in [-0.4, -0.2) is 40.6 Å². The van der Waals surface area contributed by atoms with Crippen LogP contribution in [0.4, 0.5) is 4.79 Å². The maximum Gasteiger partial charge on any atom is 0.408 e. The van der Waals surface area contributed by atoms with Crippen molar-refractivity contribution >= 4 is 23.6 Å². The first-order valence-electron chi connectivity index (χ1n) is 6.93. The lowest BCUT2D eigenvalue weighted by Gasteiger charge is -2.24. The minimum Gasteiger partial charge on any atom is -0.444 e. The van der Waals surface area contributed by atoms with Crippen molar-refractivity contribution in [3.05, 3.63) is 29.0 Å². The van der Waals surface area contributed by atoms with Crippen LogP contribution in [0.25, 0.3) is 0 Å². The summed E-state index contributed by atoms with van der Waals surface area (Å²) in [5.41, 5.74) is 0.248. The van der Waals surface area contributed by atoms with Crippen LogP contribution in [0, 0.1) is 0 Å². The molecule has 0 bridgehead atoms. The summed E-state index contributed by atoms with van der Waals surface area (Å²) in [5, 5.41) is 2.92. The number of carbonyl (C=O) groups excluding carboxylic acids is 2. The zero-order valence-corrected chi connectivity index (χ0v) is 14.3. The van der Waals surface area contributed by atoms with Gasteiger partial charge in [-0.2, -0.15) is 0 Å². The Balaban J connectivity index is 2.54. The molecule has 2 amide bonds. The largest absolute Gasteiger partial charge is 0.444 e. The molecule has 1 aromatic rings. The number of likely N-dealkylation sites (N-methyl/N-ethyl adjacent to an activating group) is 1. The average Bonchev–Trinajstić information content (AvgIpc) is 2.38. The van der Waals surface area contributed by atoms with Gasteiger partial charge in [0.05, 0.1) is 0 Å². The van der Waals surface area contributed by atoms with Crippen LogP contribution in [0.5, 0.6) is 0 Å². The van der Waals surface area contributed by atoms with Gasteiger partial charge in [0.15, 0.2) is 0 Å². The summed E-state index contributed by atoms with van der Waals surface area (Å²) < 4.78 is 5.12. The lowest BCUT2D eigenvalue weighted by Crippen LogP contribution is -2.46. The molecule has 0 aliphatic carbocycles. The Bertz CT molecular complexity index is 526. The topological polar surface area (TPSA) is 71.5 Å². The second kappa shape index (κ2) is 7.45. The molecule has 22 heavy (non-hydrogen) atoms. The minimum absolute atomic E-state index is 0.221. The zero-order valence-electron chi connectivity index (χ0n) is 13.5. The highest BCUT2D eigenvalue weighted by atomic mass is 35.5. The van der Waals surface area contributed by atoms with Crippen LogP contribution in [0.1, 0.15) is 33.3 Å². The molecule has 1 atom stereocenters. The smallest absolute Gasteiger partial charge is 0.408 e. The van der Waals surface area contributed by atoms with Crippen LogP contribution < -0.4 is 5.32 Å². The Morgan fingerprint density at radius 1 is 1.41 bits per heavy atom. The summed E-state index contributed by atoms with van der Waals surface area (Å²) in [6.45, 7) is 7.28. The van der Waals surface area contributed by atoms with Crippen molar-refractivity contribution in [1.82, 2.24) is 15.2 Å². The fourth-order valence-corrected chi connectivity index (χ4v) is 1.84. The molecular formula is C15H22ClN3O3. The first kappa shape index (κ1) is 18.2. The van der Waals surface area contributed by atoms with Gasteiger partial charge in [0.25, 0.3) is 0 Å². The Morgan fingerprint density at radius 2 is 2.05 bits per heavy atom. The first-order chi connectivity index (χ1) is 10.1. The molecule has 0 aliphatic rings.